The molecule has 1 aromatic heterocycles. The van der Waals surface area contributed by atoms with Crippen molar-refractivity contribution >= 4 is 33.0 Å². The zero-order valence-corrected chi connectivity index (χ0v) is 20.9. The second-order valence-corrected chi connectivity index (χ2v) is 11.1. The topological polar surface area (TPSA) is 129 Å². The van der Waals surface area contributed by atoms with Crippen LogP contribution in [0.4, 0.5) is 13.2 Å². The number of imidazole rings is 1. The summed E-state index contributed by atoms with van der Waals surface area (Å²) in [4.78, 5) is 22.7. The molecular weight excluding hydrogens is 501 g/mol. The number of aromatic nitrogens is 2. The van der Waals surface area contributed by atoms with Crippen LogP contribution in [0.3, 0.4) is 0 Å². The highest BCUT2D eigenvalue weighted by atomic mass is 32.2. The lowest BCUT2D eigenvalue weighted by atomic mass is 9.99. The largest absolute Gasteiger partial charge is 0.431 e. The Kier molecular flexibility index (Phi) is 6.64. The molecule has 2 aliphatic rings. The minimum atomic E-state index is -4.80. The van der Waals surface area contributed by atoms with E-state index in [4.69, 9.17) is 4.98 Å². The third kappa shape index (κ3) is 4.48. The lowest BCUT2D eigenvalue weighted by Gasteiger charge is -2.43. The second-order valence-electron chi connectivity index (χ2n) is 9.09. The molecule has 10 nitrogen and oxygen atoms in total. The van der Waals surface area contributed by atoms with Gasteiger partial charge in [0, 0.05) is 32.6 Å². The number of hydrogen-bond donors (Lipinski definition) is 3. The summed E-state index contributed by atoms with van der Waals surface area (Å²) in [6, 6.07) is 2.53. The number of sulfone groups is 1. The van der Waals surface area contributed by atoms with Crippen molar-refractivity contribution in [1.82, 2.24) is 25.1 Å². The zero-order valence-electron chi connectivity index (χ0n) is 20.1. The van der Waals surface area contributed by atoms with Crippen LogP contribution >= 0.6 is 0 Å². The molecule has 0 bridgehead atoms. The Labute approximate surface area is 205 Å². The first kappa shape index (κ1) is 26.1. The van der Waals surface area contributed by atoms with Gasteiger partial charge in [-0.3, -0.25) is 14.7 Å². The lowest BCUT2D eigenvalue weighted by Crippen LogP contribution is -2.54. The Hall–Kier alpha value is -2.97. The number of likely N-dealkylation sites (N-methyl/N-ethyl adjacent to an activating group) is 1. The summed E-state index contributed by atoms with van der Waals surface area (Å²) in [6.07, 6.45) is -3.91. The maximum absolute atomic E-state index is 13.8. The van der Waals surface area contributed by atoms with Gasteiger partial charge in [-0.1, -0.05) is 13.8 Å². The van der Waals surface area contributed by atoms with Crippen molar-refractivity contribution in [3.05, 3.63) is 34.8 Å². The second kappa shape index (κ2) is 9.16. The first-order chi connectivity index (χ1) is 16.8. The van der Waals surface area contributed by atoms with Crippen molar-refractivity contribution in [3.63, 3.8) is 0 Å². The molecule has 2 aromatic rings. The molecule has 14 heteroatoms. The fourth-order valence-corrected chi connectivity index (χ4v) is 5.69. The van der Waals surface area contributed by atoms with E-state index < -0.39 is 52.1 Å². The number of alkyl halides is 3. The van der Waals surface area contributed by atoms with Crippen LogP contribution in [0.2, 0.25) is 0 Å². The summed E-state index contributed by atoms with van der Waals surface area (Å²) in [6.45, 7) is 3.92. The number of benzene rings is 1. The van der Waals surface area contributed by atoms with E-state index in [1.54, 1.807) is 4.90 Å². The molecule has 0 saturated carbocycles. The molecule has 196 valence electrons. The molecule has 1 aromatic carbocycles. The highest BCUT2D eigenvalue weighted by Crippen LogP contribution is 2.38. The zero-order chi connectivity index (χ0) is 26.6. The van der Waals surface area contributed by atoms with Gasteiger partial charge in [0.2, 0.25) is 0 Å². The summed E-state index contributed by atoms with van der Waals surface area (Å²) >= 11 is 0. The quantitative estimate of drug-likeness (QED) is 0.536. The van der Waals surface area contributed by atoms with E-state index in [1.807, 2.05) is 18.4 Å². The van der Waals surface area contributed by atoms with E-state index in [0.717, 1.165) is 12.5 Å². The number of carbonyl (C=O) groups excluding carboxylic acids is 1. The predicted molar refractivity (Wildman–Crippen MR) is 126 cm³/mol. The van der Waals surface area contributed by atoms with E-state index in [0.29, 0.717) is 23.4 Å². The number of fused-ring (bicyclic) bond motifs is 3. The number of nitrogens with one attached hydrogen (secondary N) is 2. The first-order valence-corrected chi connectivity index (χ1v) is 13.1. The van der Waals surface area contributed by atoms with Gasteiger partial charge in [-0.25, -0.2) is 13.4 Å². The Bertz CT molecular complexity index is 1380. The number of nitrogens with zero attached hydrogens (tertiary/aromatic N) is 4. The number of allylic oxidation sites excluding steroid dienone is 1. The van der Waals surface area contributed by atoms with Crippen molar-refractivity contribution in [1.29, 1.82) is 0 Å². The number of halogens is 3. The van der Waals surface area contributed by atoms with E-state index >= 15 is 0 Å². The van der Waals surface area contributed by atoms with E-state index in [-0.39, 0.29) is 22.9 Å². The average molecular weight is 529 g/mol. The van der Waals surface area contributed by atoms with Crippen LogP contribution in [0.25, 0.3) is 11.0 Å². The number of aliphatic imine (C=N–C) groups is 1. The SMILES string of the molecule is CNC(=O)C1=C(C(F)(F)F)NC(N2CCn3c(nc4cc(CO)c(S(C)(=O)=O)cc43)[C@@H]2C(C)C)N=C1. The maximum atomic E-state index is 13.8. The van der Waals surface area contributed by atoms with Crippen LogP contribution in [0.1, 0.15) is 31.3 Å². The number of hydrogen-bond acceptors (Lipinski definition) is 8. The molecule has 1 amide bonds. The molecule has 0 saturated heterocycles. The Morgan fingerprint density at radius 3 is 2.56 bits per heavy atom. The van der Waals surface area contributed by atoms with Crippen molar-refractivity contribution in [2.24, 2.45) is 10.9 Å². The smallest absolute Gasteiger partial charge is 0.392 e. The van der Waals surface area contributed by atoms with E-state index in [1.165, 1.54) is 19.2 Å². The molecule has 2 atom stereocenters. The van der Waals surface area contributed by atoms with Crippen LogP contribution in [-0.2, 0) is 27.8 Å². The third-order valence-corrected chi connectivity index (χ3v) is 7.50. The van der Waals surface area contributed by atoms with Crippen molar-refractivity contribution in [2.45, 2.75) is 50.4 Å². The Balaban J connectivity index is 1.78. The molecular formula is C22H27F3N6O4S. The molecule has 0 spiro atoms. The van der Waals surface area contributed by atoms with Crippen LogP contribution in [0.5, 0.6) is 0 Å². The number of aliphatic hydroxyl groups excluding tert-OH is 1. The van der Waals surface area contributed by atoms with Crippen LogP contribution < -0.4 is 10.6 Å². The monoisotopic (exact) mass is 528 g/mol. The molecule has 2 aliphatic heterocycles. The van der Waals surface area contributed by atoms with E-state index in [2.05, 4.69) is 15.6 Å². The third-order valence-electron chi connectivity index (χ3n) is 6.32. The normalized spacial score (nSPS) is 21.1. The summed E-state index contributed by atoms with van der Waals surface area (Å²) in [5, 5.41) is 14.3. The molecule has 0 aliphatic carbocycles. The molecule has 0 fully saturated rings. The molecule has 1 unspecified atom stereocenters. The minimum Gasteiger partial charge on any atom is -0.392 e. The minimum absolute atomic E-state index is 0.00367. The van der Waals surface area contributed by atoms with Gasteiger partial charge in [0.05, 0.1) is 34.2 Å². The van der Waals surface area contributed by atoms with Gasteiger partial charge in [0.15, 0.2) is 16.1 Å². The lowest BCUT2D eigenvalue weighted by molar-refractivity contribution is -0.119. The van der Waals surface area contributed by atoms with Gasteiger partial charge in [-0.2, -0.15) is 13.2 Å². The Morgan fingerprint density at radius 1 is 1.31 bits per heavy atom. The first-order valence-electron chi connectivity index (χ1n) is 11.2. The summed E-state index contributed by atoms with van der Waals surface area (Å²) in [7, 11) is -2.38. The van der Waals surface area contributed by atoms with Crippen molar-refractivity contribution in [3.8, 4) is 0 Å². The van der Waals surface area contributed by atoms with Gasteiger partial charge in [-0.05, 0) is 23.6 Å². The summed E-state index contributed by atoms with van der Waals surface area (Å²) < 4.78 is 67.8. The molecule has 3 heterocycles. The maximum Gasteiger partial charge on any atom is 0.431 e. The summed E-state index contributed by atoms with van der Waals surface area (Å²) in [5.41, 5.74) is -0.512. The van der Waals surface area contributed by atoms with Crippen molar-refractivity contribution in [2.75, 3.05) is 19.8 Å². The molecule has 4 rings (SSSR count). The van der Waals surface area contributed by atoms with Gasteiger partial charge in [0.25, 0.3) is 5.91 Å². The van der Waals surface area contributed by atoms with Gasteiger partial charge in [-0.15, -0.1) is 0 Å². The average Bonchev–Trinajstić information content (AvgIpc) is 3.17. The highest BCUT2D eigenvalue weighted by molar-refractivity contribution is 7.90. The van der Waals surface area contributed by atoms with Gasteiger partial charge >= 0.3 is 6.18 Å². The molecule has 36 heavy (non-hydrogen) atoms. The van der Waals surface area contributed by atoms with Crippen molar-refractivity contribution < 1.29 is 31.5 Å². The highest BCUT2D eigenvalue weighted by Gasteiger charge is 2.44. The summed E-state index contributed by atoms with van der Waals surface area (Å²) in [5.74, 6) is -0.463. The fraction of sp³-hybridized carbons (Fsp3) is 0.500. The van der Waals surface area contributed by atoms with Crippen LogP contribution in [0, 0.1) is 5.92 Å². The number of aliphatic hydroxyl groups is 1. The number of carbonyl (C=O) groups is 1. The Morgan fingerprint density at radius 2 is 2.00 bits per heavy atom. The number of amides is 1. The van der Waals surface area contributed by atoms with E-state index in [9.17, 15) is 31.5 Å². The van der Waals surface area contributed by atoms with Crippen LogP contribution in [0.15, 0.2) is 33.3 Å². The van der Waals surface area contributed by atoms with Crippen LogP contribution in [-0.4, -0.2) is 72.4 Å². The standard InChI is InChI=1S/C22H27F3N6O4S/c1-11(2)17-19-28-14-7-12(10-32)16(36(4,34)35)8-15(14)30(19)5-6-31(17)21-27-9-13(20(33)26-3)18(29-21)22(23,24)25/h7-9,11,17,21,29,32H,5-6,10H2,1-4H3,(H,26,33)/t17-,21?/m0/s1. The van der Waals surface area contributed by atoms with Gasteiger partial charge in [0.1, 0.15) is 11.5 Å². The predicted octanol–water partition coefficient (Wildman–Crippen LogP) is 1.46. The molecule has 3 N–H and O–H groups in total. The van der Waals surface area contributed by atoms with Gasteiger partial charge < -0.3 is 20.3 Å². The molecule has 0 radical (unpaired) electrons. The number of rotatable bonds is 5. The fourth-order valence-electron chi connectivity index (χ4n) is 4.77.